The summed E-state index contributed by atoms with van der Waals surface area (Å²) in [6.07, 6.45) is 3.91. The number of hydrogen-bond donors (Lipinski definition) is 2. The van der Waals surface area contributed by atoms with Crippen molar-refractivity contribution in [1.29, 1.82) is 5.26 Å². The Labute approximate surface area is 172 Å². The highest BCUT2D eigenvalue weighted by molar-refractivity contribution is 5.60. The first-order valence-corrected chi connectivity index (χ1v) is 9.21. The van der Waals surface area contributed by atoms with E-state index in [0.29, 0.717) is 34.0 Å². The van der Waals surface area contributed by atoms with Crippen molar-refractivity contribution in [3.8, 4) is 34.5 Å². The van der Waals surface area contributed by atoms with E-state index in [2.05, 4.69) is 21.4 Å². The molecule has 0 amide bonds. The van der Waals surface area contributed by atoms with Gasteiger partial charge in [-0.15, -0.1) is 0 Å². The predicted octanol–water partition coefficient (Wildman–Crippen LogP) is 2.99. The number of nitrogens with zero attached hydrogens (tertiary/aromatic N) is 5. The minimum Gasteiger partial charge on any atom is -0.453 e. The summed E-state index contributed by atoms with van der Waals surface area (Å²) in [6.45, 7) is 0.0906. The molecule has 0 spiro atoms. The molecule has 0 aliphatic heterocycles. The zero-order valence-corrected chi connectivity index (χ0v) is 15.9. The fraction of sp³-hybridized carbons (Fsp3) is 0.0909. The number of hydrogen-bond acceptors (Lipinski definition) is 7. The lowest BCUT2D eigenvalue weighted by molar-refractivity contribution is 0.186. The van der Waals surface area contributed by atoms with Crippen molar-refractivity contribution in [2.24, 2.45) is 5.73 Å². The smallest absolute Gasteiger partial charge is 0.154 e. The number of nitriles is 1. The minimum absolute atomic E-state index is 0.0906. The molecule has 4 aromatic rings. The Morgan fingerprint density at radius 2 is 1.97 bits per heavy atom. The van der Waals surface area contributed by atoms with Crippen LogP contribution in [-0.4, -0.2) is 31.6 Å². The second-order valence-corrected chi connectivity index (χ2v) is 6.51. The zero-order chi connectivity index (χ0) is 20.9. The number of ether oxygens (including phenoxy) is 1. The maximum Gasteiger partial charge on any atom is 0.154 e. The maximum absolute atomic E-state index is 9.95. The monoisotopic (exact) mass is 398 g/mol. The third-order valence-corrected chi connectivity index (χ3v) is 4.47. The molecule has 0 radical (unpaired) electrons. The molecule has 2 heterocycles. The summed E-state index contributed by atoms with van der Waals surface area (Å²) >= 11 is 0. The number of rotatable bonds is 6. The molecule has 0 bridgehead atoms. The number of aromatic nitrogens is 4. The van der Waals surface area contributed by atoms with Gasteiger partial charge in [0, 0.05) is 36.0 Å². The molecule has 2 aromatic heterocycles. The van der Waals surface area contributed by atoms with Gasteiger partial charge in [0.2, 0.25) is 0 Å². The summed E-state index contributed by atoms with van der Waals surface area (Å²) in [6, 6.07) is 18.5. The molecular formula is C22H18N6O2. The van der Waals surface area contributed by atoms with Gasteiger partial charge in [-0.25, -0.2) is 4.68 Å². The third-order valence-electron chi connectivity index (χ3n) is 4.47. The quantitative estimate of drug-likeness (QED) is 0.512. The number of nitrogens with two attached hydrogens (primary N) is 1. The predicted molar refractivity (Wildman–Crippen MR) is 110 cm³/mol. The molecule has 0 saturated heterocycles. The van der Waals surface area contributed by atoms with Crippen LogP contribution in [0.25, 0.3) is 16.9 Å². The van der Waals surface area contributed by atoms with Gasteiger partial charge in [0.05, 0.1) is 35.8 Å². The standard InChI is InChI=1S/C22H18N6O2/c23-10-15-6-7-20(28-14-17(12-26-28)21(29)11-24)22(8-15)30-18-9-19(27-25-13-18)16-4-2-1-3-5-16/h1-9,12-14,21,29H,11,24H2. The molecule has 0 fully saturated rings. The van der Waals surface area contributed by atoms with E-state index in [9.17, 15) is 10.4 Å². The molecule has 4 rings (SSSR count). The van der Waals surface area contributed by atoms with E-state index >= 15 is 0 Å². The highest BCUT2D eigenvalue weighted by atomic mass is 16.5. The lowest BCUT2D eigenvalue weighted by Crippen LogP contribution is -2.10. The lowest BCUT2D eigenvalue weighted by atomic mass is 10.1. The van der Waals surface area contributed by atoms with Gasteiger partial charge in [-0.1, -0.05) is 30.3 Å². The molecular weight excluding hydrogens is 380 g/mol. The van der Waals surface area contributed by atoms with E-state index < -0.39 is 6.10 Å². The van der Waals surface area contributed by atoms with Gasteiger partial charge < -0.3 is 15.6 Å². The van der Waals surface area contributed by atoms with Crippen molar-refractivity contribution in [2.45, 2.75) is 6.10 Å². The number of aliphatic hydroxyl groups is 1. The number of aliphatic hydroxyl groups excluding tert-OH is 1. The van der Waals surface area contributed by atoms with Crippen LogP contribution in [0.5, 0.6) is 11.5 Å². The average molecular weight is 398 g/mol. The van der Waals surface area contributed by atoms with Gasteiger partial charge in [-0.05, 0) is 12.1 Å². The molecule has 3 N–H and O–H groups in total. The van der Waals surface area contributed by atoms with Crippen LogP contribution in [0.1, 0.15) is 17.2 Å². The fourth-order valence-corrected chi connectivity index (χ4v) is 2.91. The van der Waals surface area contributed by atoms with E-state index in [1.165, 1.54) is 6.20 Å². The second kappa shape index (κ2) is 8.53. The van der Waals surface area contributed by atoms with Crippen LogP contribution in [0.4, 0.5) is 0 Å². The summed E-state index contributed by atoms with van der Waals surface area (Å²) < 4.78 is 7.63. The molecule has 2 aromatic carbocycles. The molecule has 1 atom stereocenters. The van der Waals surface area contributed by atoms with Gasteiger partial charge >= 0.3 is 0 Å². The topological polar surface area (TPSA) is 123 Å². The van der Waals surface area contributed by atoms with Crippen LogP contribution < -0.4 is 10.5 Å². The maximum atomic E-state index is 9.95. The normalized spacial score (nSPS) is 11.6. The molecule has 1 unspecified atom stereocenters. The molecule has 8 nitrogen and oxygen atoms in total. The van der Waals surface area contributed by atoms with E-state index in [0.717, 1.165) is 5.56 Å². The van der Waals surface area contributed by atoms with Crippen molar-refractivity contribution in [1.82, 2.24) is 20.0 Å². The lowest BCUT2D eigenvalue weighted by Gasteiger charge is -2.12. The molecule has 8 heteroatoms. The van der Waals surface area contributed by atoms with Crippen LogP contribution in [0.2, 0.25) is 0 Å². The molecule has 148 valence electrons. The van der Waals surface area contributed by atoms with Crippen molar-refractivity contribution in [3.05, 3.63) is 84.3 Å². The van der Waals surface area contributed by atoms with Gasteiger partial charge in [-0.2, -0.15) is 20.6 Å². The van der Waals surface area contributed by atoms with Gasteiger partial charge in [0.15, 0.2) is 5.75 Å². The Kier molecular flexibility index (Phi) is 5.48. The van der Waals surface area contributed by atoms with Crippen molar-refractivity contribution in [2.75, 3.05) is 6.54 Å². The summed E-state index contributed by atoms with van der Waals surface area (Å²) in [5.74, 6) is 0.882. The Bertz CT molecular complexity index is 1200. The van der Waals surface area contributed by atoms with Crippen LogP contribution >= 0.6 is 0 Å². The molecule has 0 saturated carbocycles. The van der Waals surface area contributed by atoms with E-state index in [4.69, 9.17) is 10.5 Å². The summed E-state index contributed by atoms with van der Waals surface area (Å²) in [5, 5.41) is 31.7. The van der Waals surface area contributed by atoms with Crippen LogP contribution in [0.15, 0.2) is 73.2 Å². The Morgan fingerprint density at radius 3 is 2.73 bits per heavy atom. The zero-order valence-electron chi connectivity index (χ0n) is 15.9. The molecule has 0 aliphatic rings. The summed E-state index contributed by atoms with van der Waals surface area (Å²) in [7, 11) is 0. The van der Waals surface area contributed by atoms with Crippen LogP contribution in [0.3, 0.4) is 0 Å². The van der Waals surface area contributed by atoms with Crippen molar-refractivity contribution < 1.29 is 9.84 Å². The first-order chi connectivity index (χ1) is 14.7. The van der Waals surface area contributed by atoms with Crippen molar-refractivity contribution in [3.63, 3.8) is 0 Å². The molecule has 30 heavy (non-hydrogen) atoms. The highest BCUT2D eigenvalue weighted by Crippen LogP contribution is 2.31. The first-order valence-electron chi connectivity index (χ1n) is 9.21. The van der Waals surface area contributed by atoms with Gasteiger partial charge in [-0.3, -0.25) is 0 Å². The number of benzene rings is 2. The average Bonchev–Trinajstić information content (AvgIpc) is 3.29. The van der Waals surface area contributed by atoms with Crippen LogP contribution in [-0.2, 0) is 0 Å². The van der Waals surface area contributed by atoms with Gasteiger partial charge in [0.25, 0.3) is 0 Å². The second-order valence-electron chi connectivity index (χ2n) is 6.51. The van der Waals surface area contributed by atoms with E-state index in [1.807, 2.05) is 30.3 Å². The summed E-state index contributed by atoms with van der Waals surface area (Å²) in [4.78, 5) is 0. The summed E-state index contributed by atoms with van der Waals surface area (Å²) in [5.41, 5.74) is 8.73. The van der Waals surface area contributed by atoms with E-state index in [1.54, 1.807) is 41.3 Å². The third kappa shape index (κ3) is 4.03. The van der Waals surface area contributed by atoms with E-state index in [-0.39, 0.29) is 6.54 Å². The Balaban J connectivity index is 1.71. The van der Waals surface area contributed by atoms with Gasteiger partial charge in [0.1, 0.15) is 11.4 Å². The SMILES string of the molecule is N#Cc1ccc(-n2cc(C(O)CN)cn2)c(Oc2cnnc(-c3ccccc3)c2)c1. The fourth-order valence-electron chi connectivity index (χ4n) is 2.91. The van der Waals surface area contributed by atoms with Crippen molar-refractivity contribution >= 4 is 0 Å². The first kappa shape index (κ1) is 19.3. The Hall–Kier alpha value is -4.06. The Morgan fingerprint density at radius 1 is 1.13 bits per heavy atom. The minimum atomic E-state index is -0.806. The largest absolute Gasteiger partial charge is 0.453 e. The highest BCUT2D eigenvalue weighted by Gasteiger charge is 2.14. The van der Waals surface area contributed by atoms with Crippen LogP contribution in [0, 0.1) is 11.3 Å². The molecule has 0 aliphatic carbocycles.